The molecule has 2 aromatic heterocycles. The number of aromatic nitrogens is 5. The molecule has 0 spiro atoms. The molecule has 3 aromatic rings. The van der Waals surface area contributed by atoms with E-state index in [4.69, 9.17) is 0 Å². The average molecular weight is 422 g/mol. The Bertz CT molecular complexity index is 1150. The van der Waals surface area contributed by atoms with E-state index < -0.39 is 0 Å². The number of Topliss-reactive ketones (excluding diaryl/α,β-unsaturated/α-hetero) is 1. The van der Waals surface area contributed by atoms with Crippen LogP contribution in [0.2, 0.25) is 0 Å². The van der Waals surface area contributed by atoms with E-state index in [1.54, 1.807) is 6.20 Å². The van der Waals surface area contributed by atoms with E-state index in [0.29, 0.717) is 17.0 Å². The molecule has 1 saturated carbocycles. The van der Waals surface area contributed by atoms with Crippen LogP contribution in [0.15, 0.2) is 24.4 Å². The number of hydrogen-bond donors (Lipinski definition) is 4. The lowest BCUT2D eigenvalue weighted by Crippen LogP contribution is -2.46. The molecule has 2 aliphatic rings. The van der Waals surface area contributed by atoms with E-state index in [1.807, 2.05) is 18.2 Å². The lowest BCUT2D eigenvalue weighted by atomic mass is 9.58. The van der Waals surface area contributed by atoms with E-state index in [1.165, 1.54) is 0 Å². The standard InChI is InChI=1S/C22H27N7O2/c1-21(2)7-16-18(22(3,10-21)11-25-16)19(30)12-4-5-15-13(6-12)14(8-23-15)20(31)24-9-17-26-28-29-27-17/h4-6,8,16,18,23,25H,7,9-11H2,1-3H3,(H,24,31)(H,26,27,28,29). The molecule has 1 saturated heterocycles. The van der Waals surface area contributed by atoms with Crippen LogP contribution in [0.25, 0.3) is 10.9 Å². The van der Waals surface area contributed by atoms with E-state index in [2.05, 4.69) is 57.0 Å². The normalized spacial score (nSPS) is 26.8. The third kappa shape index (κ3) is 3.42. The summed E-state index contributed by atoms with van der Waals surface area (Å²) in [6.07, 6.45) is 3.69. The first-order valence-electron chi connectivity index (χ1n) is 10.7. The van der Waals surface area contributed by atoms with Crippen molar-refractivity contribution in [2.45, 2.75) is 46.2 Å². The Kier molecular flexibility index (Phi) is 4.47. The van der Waals surface area contributed by atoms with Crippen molar-refractivity contribution in [3.63, 3.8) is 0 Å². The number of nitrogens with zero attached hydrogens (tertiary/aromatic N) is 3. The van der Waals surface area contributed by atoms with Crippen molar-refractivity contribution >= 4 is 22.6 Å². The van der Waals surface area contributed by atoms with E-state index in [-0.39, 0.29) is 41.0 Å². The van der Waals surface area contributed by atoms with Crippen LogP contribution in [0.1, 0.15) is 60.2 Å². The van der Waals surface area contributed by atoms with Gasteiger partial charge in [-0.25, -0.2) is 0 Å². The summed E-state index contributed by atoms with van der Waals surface area (Å²) in [7, 11) is 0. The predicted octanol–water partition coefficient (Wildman–Crippen LogP) is 2.21. The average Bonchev–Trinajstić information content (AvgIpc) is 3.42. The van der Waals surface area contributed by atoms with Crippen molar-refractivity contribution < 1.29 is 9.59 Å². The highest BCUT2D eigenvalue weighted by molar-refractivity contribution is 6.09. The van der Waals surface area contributed by atoms with E-state index in [9.17, 15) is 9.59 Å². The number of carbonyl (C=O) groups excluding carboxylic acids is 2. The summed E-state index contributed by atoms with van der Waals surface area (Å²) < 4.78 is 0. The number of tetrazole rings is 1. The number of nitrogens with one attached hydrogen (secondary N) is 4. The minimum atomic E-state index is -0.256. The van der Waals surface area contributed by atoms with Gasteiger partial charge in [-0.05, 0) is 41.9 Å². The second kappa shape index (κ2) is 6.98. The van der Waals surface area contributed by atoms with Gasteiger partial charge >= 0.3 is 0 Å². The predicted molar refractivity (Wildman–Crippen MR) is 114 cm³/mol. The monoisotopic (exact) mass is 421 g/mol. The quantitative estimate of drug-likeness (QED) is 0.468. The molecule has 162 valence electrons. The van der Waals surface area contributed by atoms with E-state index >= 15 is 0 Å². The molecule has 1 aliphatic carbocycles. The Morgan fingerprint density at radius 1 is 1.26 bits per heavy atom. The molecule has 1 amide bonds. The second-order valence-corrected chi connectivity index (χ2v) is 10.0. The zero-order valence-electron chi connectivity index (χ0n) is 18.0. The van der Waals surface area contributed by atoms with Gasteiger partial charge in [0.05, 0.1) is 12.1 Å². The van der Waals surface area contributed by atoms with Gasteiger partial charge in [0.2, 0.25) is 0 Å². The topological polar surface area (TPSA) is 128 Å². The fraction of sp³-hybridized carbons (Fsp3) is 0.500. The molecular formula is C22H27N7O2. The van der Waals surface area contributed by atoms with Crippen molar-refractivity contribution in [2.24, 2.45) is 16.7 Å². The van der Waals surface area contributed by atoms with Crippen molar-refractivity contribution in [2.75, 3.05) is 6.54 Å². The zero-order chi connectivity index (χ0) is 21.8. The number of carbonyl (C=O) groups is 2. The van der Waals surface area contributed by atoms with Gasteiger partial charge in [0.15, 0.2) is 11.6 Å². The molecule has 2 fully saturated rings. The first kappa shape index (κ1) is 19.9. The minimum Gasteiger partial charge on any atom is -0.360 e. The van der Waals surface area contributed by atoms with Crippen LogP contribution in [0.3, 0.4) is 0 Å². The number of fused-ring (bicyclic) bond motifs is 3. The van der Waals surface area contributed by atoms with Gasteiger partial charge in [0, 0.05) is 41.2 Å². The van der Waals surface area contributed by atoms with Gasteiger partial charge in [0.25, 0.3) is 5.91 Å². The molecule has 0 radical (unpaired) electrons. The lowest BCUT2D eigenvalue weighted by molar-refractivity contribution is 0.0511. The maximum Gasteiger partial charge on any atom is 0.253 e. The Hall–Kier alpha value is -3.07. The maximum absolute atomic E-state index is 13.6. The highest BCUT2D eigenvalue weighted by Crippen LogP contribution is 2.53. The van der Waals surface area contributed by atoms with Gasteiger partial charge in [0.1, 0.15) is 0 Å². The SMILES string of the molecule is CC1(C)CC2NCC(C)(C1)C2C(=O)c1ccc2[nH]cc(C(=O)NCc3nn[nH]n3)c2c1. The summed E-state index contributed by atoms with van der Waals surface area (Å²) in [5.74, 6) is 0.260. The van der Waals surface area contributed by atoms with Gasteiger partial charge < -0.3 is 15.6 Å². The number of benzene rings is 1. The zero-order valence-corrected chi connectivity index (χ0v) is 18.0. The molecule has 2 bridgehead atoms. The lowest BCUT2D eigenvalue weighted by Gasteiger charge is -2.45. The molecule has 1 aliphatic heterocycles. The molecule has 9 nitrogen and oxygen atoms in total. The summed E-state index contributed by atoms with van der Waals surface area (Å²) >= 11 is 0. The van der Waals surface area contributed by atoms with Gasteiger partial charge in [-0.1, -0.05) is 26.0 Å². The smallest absolute Gasteiger partial charge is 0.253 e. The molecule has 3 heterocycles. The number of H-pyrrole nitrogens is 2. The van der Waals surface area contributed by atoms with Gasteiger partial charge in [-0.2, -0.15) is 5.21 Å². The number of amides is 1. The van der Waals surface area contributed by atoms with Crippen LogP contribution >= 0.6 is 0 Å². The van der Waals surface area contributed by atoms with Crippen LogP contribution in [0.5, 0.6) is 0 Å². The molecule has 3 atom stereocenters. The van der Waals surface area contributed by atoms with E-state index in [0.717, 1.165) is 30.3 Å². The fourth-order valence-electron chi connectivity index (χ4n) is 5.85. The fourth-order valence-corrected chi connectivity index (χ4v) is 5.85. The molecule has 4 N–H and O–H groups in total. The first-order valence-corrected chi connectivity index (χ1v) is 10.7. The van der Waals surface area contributed by atoms with Crippen molar-refractivity contribution in [1.82, 2.24) is 36.2 Å². The Labute approximate surface area is 179 Å². The Balaban J connectivity index is 1.42. The molecular weight excluding hydrogens is 394 g/mol. The summed E-state index contributed by atoms with van der Waals surface area (Å²) in [4.78, 5) is 29.5. The highest BCUT2D eigenvalue weighted by atomic mass is 16.1. The van der Waals surface area contributed by atoms with Crippen molar-refractivity contribution in [1.29, 1.82) is 0 Å². The highest BCUT2D eigenvalue weighted by Gasteiger charge is 2.55. The molecule has 5 rings (SSSR count). The molecule has 9 heteroatoms. The van der Waals surface area contributed by atoms with Crippen LogP contribution in [0.4, 0.5) is 0 Å². The number of aromatic amines is 2. The number of hydrogen-bond acceptors (Lipinski definition) is 6. The van der Waals surface area contributed by atoms with Gasteiger partial charge in [-0.15, -0.1) is 10.2 Å². The molecule has 3 unspecified atom stereocenters. The minimum absolute atomic E-state index is 0.0487. The first-order chi connectivity index (χ1) is 14.8. The summed E-state index contributed by atoms with van der Waals surface area (Å²) in [5, 5.41) is 20.6. The second-order valence-electron chi connectivity index (χ2n) is 10.0. The van der Waals surface area contributed by atoms with Crippen molar-refractivity contribution in [3.05, 3.63) is 41.3 Å². The third-order valence-corrected chi connectivity index (χ3v) is 6.87. The third-order valence-electron chi connectivity index (χ3n) is 6.87. The van der Waals surface area contributed by atoms with Crippen LogP contribution in [-0.2, 0) is 6.54 Å². The van der Waals surface area contributed by atoms with Crippen molar-refractivity contribution in [3.8, 4) is 0 Å². The number of ketones is 1. The van der Waals surface area contributed by atoms with Crippen LogP contribution in [-0.4, -0.2) is 49.9 Å². The largest absolute Gasteiger partial charge is 0.360 e. The maximum atomic E-state index is 13.6. The number of rotatable bonds is 5. The van der Waals surface area contributed by atoms with Crippen LogP contribution < -0.4 is 10.6 Å². The van der Waals surface area contributed by atoms with Gasteiger partial charge in [-0.3, -0.25) is 9.59 Å². The summed E-state index contributed by atoms with van der Waals surface area (Å²) in [6.45, 7) is 7.85. The molecule has 1 aromatic carbocycles. The Morgan fingerprint density at radius 3 is 2.84 bits per heavy atom. The van der Waals surface area contributed by atoms with Crippen LogP contribution in [0, 0.1) is 16.7 Å². The summed E-state index contributed by atoms with van der Waals surface area (Å²) in [5.41, 5.74) is 2.14. The molecule has 31 heavy (non-hydrogen) atoms. The summed E-state index contributed by atoms with van der Waals surface area (Å²) in [6, 6.07) is 5.79. The Morgan fingerprint density at radius 2 is 2.10 bits per heavy atom.